The van der Waals surface area contributed by atoms with Crippen molar-refractivity contribution < 1.29 is 0 Å². The Morgan fingerprint density at radius 2 is 1.84 bits per heavy atom. The minimum absolute atomic E-state index is 0.371. The maximum atomic E-state index is 5.82. The number of halogens is 2. The molecule has 0 saturated heterocycles. The number of nitrogens with zero attached hydrogens (tertiary/aromatic N) is 4. The summed E-state index contributed by atoms with van der Waals surface area (Å²) in [6.45, 7) is 0. The van der Waals surface area contributed by atoms with Crippen molar-refractivity contribution in [2.75, 3.05) is 0 Å². The number of rotatable bonds is 2. The molecule has 0 saturated carbocycles. The SMILES string of the molecule is Clc1ccc(-c2ccn(-c3ccc(Cl)nn3)c2)nc1. The Kier molecular flexibility index (Phi) is 3.19. The Morgan fingerprint density at radius 3 is 2.53 bits per heavy atom. The molecule has 0 unspecified atom stereocenters. The van der Waals surface area contributed by atoms with Crippen LogP contribution >= 0.6 is 23.2 Å². The van der Waals surface area contributed by atoms with Crippen LogP contribution in [-0.4, -0.2) is 19.7 Å². The van der Waals surface area contributed by atoms with Gasteiger partial charge in [0.1, 0.15) is 0 Å². The lowest BCUT2D eigenvalue weighted by Crippen LogP contribution is -1.95. The third-order valence-corrected chi connectivity index (χ3v) is 3.02. The standard InChI is InChI=1S/C13H8Cl2N4/c14-10-1-2-11(16-7-10)9-5-6-19(8-9)13-4-3-12(15)17-18-13/h1-8H. The second kappa shape index (κ2) is 4.99. The molecule has 0 aromatic carbocycles. The van der Waals surface area contributed by atoms with Crippen molar-refractivity contribution >= 4 is 23.2 Å². The predicted octanol–water partition coefficient (Wildman–Crippen LogP) is 3.64. The molecular formula is C13H8Cl2N4. The Bertz CT molecular complexity index is 629. The summed E-state index contributed by atoms with van der Waals surface area (Å²) in [5.74, 6) is 0.699. The van der Waals surface area contributed by atoms with Gasteiger partial charge in [0.15, 0.2) is 11.0 Å². The average molecular weight is 291 g/mol. The van der Waals surface area contributed by atoms with Crippen molar-refractivity contribution in [1.82, 2.24) is 19.7 Å². The maximum absolute atomic E-state index is 5.82. The molecule has 0 atom stereocenters. The van der Waals surface area contributed by atoms with Crippen LogP contribution in [0.3, 0.4) is 0 Å². The molecule has 0 spiro atoms. The highest BCUT2D eigenvalue weighted by Crippen LogP contribution is 2.20. The highest BCUT2D eigenvalue weighted by atomic mass is 35.5. The van der Waals surface area contributed by atoms with Gasteiger partial charge < -0.3 is 4.57 Å². The smallest absolute Gasteiger partial charge is 0.159 e. The van der Waals surface area contributed by atoms with Gasteiger partial charge in [-0.05, 0) is 30.3 Å². The minimum atomic E-state index is 0.371. The van der Waals surface area contributed by atoms with Crippen molar-refractivity contribution in [1.29, 1.82) is 0 Å². The number of pyridine rings is 1. The van der Waals surface area contributed by atoms with Crippen LogP contribution in [-0.2, 0) is 0 Å². The molecule has 19 heavy (non-hydrogen) atoms. The Morgan fingerprint density at radius 1 is 0.947 bits per heavy atom. The van der Waals surface area contributed by atoms with E-state index >= 15 is 0 Å². The molecule has 4 nitrogen and oxygen atoms in total. The van der Waals surface area contributed by atoms with Gasteiger partial charge in [0.2, 0.25) is 0 Å². The van der Waals surface area contributed by atoms with Gasteiger partial charge in [0.25, 0.3) is 0 Å². The van der Waals surface area contributed by atoms with Crippen molar-refractivity contribution in [2.24, 2.45) is 0 Å². The zero-order chi connectivity index (χ0) is 13.2. The molecule has 0 fully saturated rings. The van der Waals surface area contributed by atoms with E-state index in [1.165, 1.54) is 0 Å². The van der Waals surface area contributed by atoms with E-state index in [1.807, 2.05) is 35.2 Å². The average Bonchev–Trinajstić information content (AvgIpc) is 2.90. The molecule has 0 aliphatic heterocycles. The zero-order valence-corrected chi connectivity index (χ0v) is 11.2. The second-order valence-corrected chi connectivity index (χ2v) is 4.71. The predicted molar refractivity (Wildman–Crippen MR) is 74.6 cm³/mol. The minimum Gasteiger partial charge on any atom is -0.306 e. The van der Waals surface area contributed by atoms with E-state index in [4.69, 9.17) is 23.2 Å². The molecule has 6 heteroatoms. The summed E-state index contributed by atoms with van der Waals surface area (Å²) in [6.07, 6.45) is 5.44. The van der Waals surface area contributed by atoms with Gasteiger partial charge in [0.05, 0.1) is 10.7 Å². The van der Waals surface area contributed by atoms with E-state index in [-0.39, 0.29) is 0 Å². The normalized spacial score (nSPS) is 10.6. The van der Waals surface area contributed by atoms with Crippen LogP contribution in [0.5, 0.6) is 0 Å². The molecular weight excluding hydrogens is 283 g/mol. The van der Waals surface area contributed by atoms with E-state index < -0.39 is 0 Å². The van der Waals surface area contributed by atoms with Crippen LogP contribution in [0.2, 0.25) is 10.2 Å². The van der Waals surface area contributed by atoms with Gasteiger partial charge in [-0.3, -0.25) is 4.98 Å². The van der Waals surface area contributed by atoms with Crippen molar-refractivity contribution in [3.63, 3.8) is 0 Å². The highest BCUT2D eigenvalue weighted by molar-refractivity contribution is 6.30. The number of hydrogen-bond acceptors (Lipinski definition) is 3. The summed E-state index contributed by atoms with van der Waals surface area (Å²) in [5, 5.41) is 8.81. The van der Waals surface area contributed by atoms with Crippen molar-refractivity contribution in [3.05, 3.63) is 59.1 Å². The van der Waals surface area contributed by atoms with Crippen molar-refractivity contribution in [2.45, 2.75) is 0 Å². The zero-order valence-electron chi connectivity index (χ0n) is 9.66. The molecule has 3 rings (SSSR count). The lowest BCUT2D eigenvalue weighted by atomic mass is 10.2. The molecule has 3 heterocycles. The Hall–Kier alpha value is -1.91. The van der Waals surface area contributed by atoms with Gasteiger partial charge in [0, 0.05) is 24.2 Å². The Balaban J connectivity index is 1.95. The first-order valence-corrected chi connectivity index (χ1v) is 6.27. The van der Waals surface area contributed by atoms with Crippen molar-refractivity contribution in [3.8, 4) is 17.1 Å². The van der Waals surface area contributed by atoms with Crippen LogP contribution in [0.25, 0.3) is 17.1 Å². The number of aromatic nitrogens is 4. The summed E-state index contributed by atoms with van der Waals surface area (Å²) < 4.78 is 1.86. The second-order valence-electron chi connectivity index (χ2n) is 3.88. The summed E-state index contributed by atoms with van der Waals surface area (Å²) in [7, 11) is 0. The third kappa shape index (κ3) is 2.59. The molecule has 0 N–H and O–H groups in total. The van der Waals surface area contributed by atoms with Crippen LogP contribution in [0.15, 0.2) is 48.9 Å². The molecule has 3 aromatic rings. The molecule has 0 aliphatic carbocycles. The van der Waals surface area contributed by atoms with Crippen LogP contribution in [0, 0.1) is 0 Å². The van der Waals surface area contributed by atoms with Gasteiger partial charge in [-0.15, -0.1) is 10.2 Å². The lowest BCUT2D eigenvalue weighted by molar-refractivity contribution is 0.919. The van der Waals surface area contributed by atoms with Crippen LogP contribution in [0.4, 0.5) is 0 Å². The van der Waals surface area contributed by atoms with E-state index in [1.54, 1.807) is 18.3 Å². The fourth-order valence-electron chi connectivity index (χ4n) is 1.68. The summed E-state index contributed by atoms with van der Waals surface area (Å²) in [6, 6.07) is 9.13. The monoisotopic (exact) mass is 290 g/mol. The molecule has 0 bridgehead atoms. The lowest BCUT2D eigenvalue weighted by Gasteiger charge is -2.00. The van der Waals surface area contributed by atoms with Gasteiger partial charge >= 0.3 is 0 Å². The molecule has 3 aromatic heterocycles. The number of hydrogen-bond donors (Lipinski definition) is 0. The van der Waals surface area contributed by atoms with E-state index in [9.17, 15) is 0 Å². The van der Waals surface area contributed by atoms with Gasteiger partial charge in [-0.1, -0.05) is 23.2 Å². The quantitative estimate of drug-likeness (QED) is 0.724. The van der Waals surface area contributed by atoms with E-state index in [0.29, 0.717) is 16.0 Å². The maximum Gasteiger partial charge on any atom is 0.159 e. The summed E-state index contributed by atoms with van der Waals surface area (Å²) in [5.41, 5.74) is 1.83. The first kappa shape index (κ1) is 12.1. The largest absolute Gasteiger partial charge is 0.306 e. The fraction of sp³-hybridized carbons (Fsp3) is 0. The highest BCUT2D eigenvalue weighted by Gasteiger charge is 2.04. The summed E-state index contributed by atoms with van der Waals surface area (Å²) in [4.78, 5) is 4.27. The fourth-order valence-corrected chi connectivity index (χ4v) is 1.90. The third-order valence-electron chi connectivity index (χ3n) is 2.60. The van der Waals surface area contributed by atoms with Crippen LogP contribution < -0.4 is 0 Å². The molecule has 0 radical (unpaired) electrons. The molecule has 94 valence electrons. The first-order valence-electron chi connectivity index (χ1n) is 5.52. The van der Waals surface area contributed by atoms with E-state index in [0.717, 1.165) is 11.3 Å². The molecule has 0 amide bonds. The van der Waals surface area contributed by atoms with E-state index in [2.05, 4.69) is 15.2 Å². The van der Waals surface area contributed by atoms with Gasteiger partial charge in [-0.2, -0.15) is 0 Å². The topological polar surface area (TPSA) is 43.6 Å². The van der Waals surface area contributed by atoms with Crippen LogP contribution in [0.1, 0.15) is 0 Å². The summed E-state index contributed by atoms with van der Waals surface area (Å²) >= 11 is 11.5. The molecule has 0 aliphatic rings. The Labute approximate surface area is 119 Å². The van der Waals surface area contributed by atoms with Gasteiger partial charge in [-0.25, -0.2) is 0 Å². The first-order chi connectivity index (χ1) is 9.22.